The first-order valence-corrected chi connectivity index (χ1v) is 11.5. The third-order valence-electron chi connectivity index (χ3n) is 5.43. The fourth-order valence-corrected chi connectivity index (χ4v) is 4.58. The Labute approximate surface area is 202 Å². The lowest BCUT2D eigenvalue weighted by Crippen LogP contribution is -2.41. The van der Waals surface area contributed by atoms with Crippen LogP contribution in [-0.4, -0.2) is 30.2 Å². The molecule has 0 radical (unpaired) electrons. The summed E-state index contributed by atoms with van der Waals surface area (Å²) in [6.07, 6.45) is 0. The maximum atomic E-state index is 13.3. The molecule has 0 amide bonds. The third-order valence-corrected chi connectivity index (χ3v) is 6.78. The number of benzene rings is 2. The van der Waals surface area contributed by atoms with Gasteiger partial charge in [0.1, 0.15) is 11.4 Å². The molecule has 11 heteroatoms. The Balaban J connectivity index is 1.76. The number of nitrogens with zero attached hydrogens (tertiary/aromatic N) is 4. The lowest BCUT2D eigenvalue weighted by Gasteiger charge is -2.14. The van der Waals surface area contributed by atoms with Crippen molar-refractivity contribution >= 4 is 45.9 Å². The normalized spacial score (nSPS) is 11.1. The van der Waals surface area contributed by atoms with Crippen molar-refractivity contribution < 1.29 is 4.79 Å². The summed E-state index contributed by atoms with van der Waals surface area (Å²) < 4.78 is 3.32. The fraction of sp³-hybridized carbons (Fsp3) is 0.174. The number of anilines is 1. The summed E-state index contributed by atoms with van der Waals surface area (Å²) in [6, 6.07) is 14.0. The van der Waals surface area contributed by atoms with Gasteiger partial charge in [-0.05, 0) is 23.8 Å². The van der Waals surface area contributed by atoms with Gasteiger partial charge in [-0.25, -0.2) is 9.78 Å². The van der Waals surface area contributed by atoms with Crippen molar-refractivity contribution in [3.05, 3.63) is 95.9 Å². The van der Waals surface area contributed by atoms with Crippen molar-refractivity contribution in [1.82, 2.24) is 18.7 Å². The lowest BCUT2D eigenvalue weighted by atomic mass is 10.2. The maximum absolute atomic E-state index is 13.3. The highest BCUT2D eigenvalue weighted by Crippen LogP contribution is 2.22. The van der Waals surface area contributed by atoms with Gasteiger partial charge in [0.15, 0.2) is 10.9 Å². The zero-order valence-corrected chi connectivity index (χ0v) is 19.9. The van der Waals surface area contributed by atoms with E-state index in [-0.39, 0.29) is 34.4 Å². The molecule has 9 nitrogen and oxygen atoms in total. The SMILES string of the molecule is Cn1c(N)c(C(=O)CSc2nc3ccccc3c(=O)n2Cc2ccccc2Cl)c(=O)n(C)c1=O. The van der Waals surface area contributed by atoms with E-state index in [1.54, 1.807) is 42.5 Å². The number of fused-ring (bicyclic) bond motifs is 1. The smallest absolute Gasteiger partial charge is 0.332 e. The van der Waals surface area contributed by atoms with Crippen LogP contribution in [0, 0.1) is 0 Å². The summed E-state index contributed by atoms with van der Waals surface area (Å²) in [6.45, 7) is 0.149. The Bertz CT molecular complexity index is 1620. The molecular formula is C23H20ClN5O4S. The summed E-state index contributed by atoms with van der Waals surface area (Å²) in [4.78, 5) is 55.4. The summed E-state index contributed by atoms with van der Waals surface area (Å²) in [5.41, 5.74) is 5.14. The van der Waals surface area contributed by atoms with Gasteiger partial charge in [0.25, 0.3) is 11.1 Å². The topological polar surface area (TPSA) is 122 Å². The van der Waals surface area contributed by atoms with Crippen LogP contribution in [0.5, 0.6) is 0 Å². The minimum absolute atomic E-state index is 0.149. The van der Waals surface area contributed by atoms with Crippen LogP contribution < -0.4 is 22.5 Å². The van der Waals surface area contributed by atoms with E-state index in [4.69, 9.17) is 17.3 Å². The molecule has 0 fully saturated rings. The van der Waals surface area contributed by atoms with E-state index in [1.807, 2.05) is 6.07 Å². The second-order valence-corrected chi connectivity index (χ2v) is 8.92. The van der Waals surface area contributed by atoms with Gasteiger partial charge in [-0.15, -0.1) is 0 Å². The maximum Gasteiger partial charge on any atom is 0.332 e. The Morgan fingerprint density at radius 3 is 2.41 bits per heavy atom. The number of Topliss-reactive ketones (excluding diaryl/α,β-unsaturated/α-hetero) is 1. The van der Waals surface area contributed by atoms with Gasteiger partial charge < -0.3 is 5.73 Å². The molecule has 0 aliphatic carbocycles. The molecule has 2 N–H and O–H groups in total. The number of hydrogen-bond donors (Lipinski definition) is 1. The average molecular weight is 498 g/mol. The number of nitrogen functional groups attached to an aromatic ring is 1. The Hall–Kier alpha value is -3.63. The first-order valence-electron chi connectivity index (χ1n) is 10.1. The molecule has 0 aliphatic rings. The quantitative estimate of drug-likeness (QED) is 0.246. The number of carbonyl (C=O) groups is 1. The standard InChI is InChI=1S/C23H20ClN5O4S/c1-27-19(25)18(21(32)28(2)23(27)33)17(30)12-34-22-26-16-10-6-4-8-14(16)20(31)29(22)11-13-7-3-5-9-15(13)24/h3-10H,11-12,25H2,1-2H3. The van der Waals surface area contributed by atoms with E-state index >= 15 is 0 Å². The Morgan fingerprint density at radius 2 is 1.68 bits per heavy atom. The van der Waals surface area contributed by atoms with E-state index in [0.29, 0.717) is 21.5 Å². The van der Waals surface area contributed by atoms with Gasteiger partial charge in [0.2, 0.25) is 0 Å². The van der Waals surface area contributed by atoms with Gasteiger partial charge in [0, 0.05) is 19.1 Å². The molecule has 2 aromatic carbocycles. The molecule has 4 aromatic rings. The van der Waals surface area contributed by atoms with Crippen LogP contribution in [0.15, 0.2) is 68.1 Å². The second-order valence-electron chi connectivity index (χ2n) is 7.57. The molecule has 0 bridgehead atoms. The van der Waals surface area contributed by atoms with Crippen molar-refractivity contribution in [1.29, 1.82) is 0 Å². The van der Waals surface area contributed by atoms with E-state index in [2.05, 4.69) is 4.98 Å². The molecule has 4 rings (SSSR count). The van der Waals surface area contributed by atoms with Gasteiger partial charge >= 0.3 is 5.69 Å². The molecule has 0 spiro atoms. The van der Waals surface area contributed by atoms with Gasteiger partial charge in [-0.2, -0.15) is 0 Å². The fourth-order valence-electron chi connectivity index (χ4n) is 3.52. The van der Waals surface area contributed by atoms with Gasteiger partial charge in [0.05, 0.1) is 23.2 Å². The van der Waals surface area contributed by atoms with Crippen molar-refractivity contribution in [3.63, 3.8) is 0 Å². The van der Waals surface area contributed by atoms with Crippen LogP contribution >= 0.6 is 23.4 Å². The molecule has 0 saturated heterocycles. The molecule has 0 unspecified atom stereocenters. The number of aromatic nitrogens is 4. The van der Waals surface area contributed by atoms with E-state index in [9.17, 15) is 19.2 Å². The van der Waals surface area contributed by atoms with Crippen molar-refractivity contribution in [2.45, 2.75) is 11.7 Å². The Kier molecular flexibility index (Phi) is 6.45. The zero-order chi connectivity index (χ0) is 24.6. The average Bonchev–Trinajstić information content (AvgIpc) is 2.83. The van der Waals surface area contributed by atoms with Crippen LogP contribution in [-0.2, 0) is 20.6 Å². The minimum atomic E-state index is -0.772. The van der Waals surface area contributed by atoms with Gasteiger partial charge in [-0.3, -0.25) is 28.1 Å². The van der Waals surface area contributed by atoms with Gasteiger partial charge in [-0.1, -0.05) is 53.7 Å². The number of nitrogens with two attached hydrogens (primary N) is 1. The van der Waals surface area contributed by atoms with Crippen LogP contribution in [0.3, 0.4) is 0 Å². The highest BCUT2D eigenvalue weighted by molar-refractivity contribution is 7.99. The number of thioether (sulfide) groups is 1. The first kappa shape index (κ1) is 23.5. The molecule has 2 heterocycles. The molecule has 0 saturated carbocycles. The number of rotatable bonds is 6. The van der Waals surface area contributed by atoms with Crippen molar-refractivity contribution in [2.24, 2.45) is 14.1 Å². The highest BCUT2D eigenvalue weighted by Gasteiger charge is 2.22. The molecule has 0 atom stereocenters. The largest absolute Gasteiger partial charge is 0.384 e. The summed E-state index contributed by atoms with van der Waals surface area (Å²) in [5.74, 6) is -1.01. The summed E-state index contributed by atoms with van der Waals surface area (Å²) in [5, 5.41) is 1.22. The lowest BCUT2D eigenvalue weighted by molar-refractivity contribution is 0.102. The minimum Gasteiger partial charge on any atom is -0.384 e. The zero-order valence-electron chi connectivity index (χ0n) is 18.3. The van der Waals surface area contributed by atoms with Crippen LogP contribution in [0.2, 0.25) is 5.02 Å². The highest BCUT2D eigenvalue weighted by atomic mass is 35.5. The van der Waals surface area contributed by atoms with Crippen LogP contribution in [0.4, 0.5) is 5.82 Å². The monoisotopic (exact) mass is 497 g/mol. The number of halogens is 1. The van der Waals surface area contributed by atoms with Crippen molar-refractivity contribution in [3.8, 4) is 0 Å². The molecule has 0 aliphatic heterocycles. The van der Waals surface area contributed by atoms with Crippen LogP contribution in [0.1, 0.15) is 15.9 Å². The van der Waals surface area contributed by atoms with Crippen LogP contribution in [0.25, 0.3) is 10.9 Å². The number of para-hydroxylation sites is 1. The molecule has 2 aromatic heterocycles. The predicted octanol–water partition coefficient (Wildman–Crippen LogP) is 2.05. The number of hydrogen-bond acceptors (Lipinski definition) is 7. The number of ketones is 1. The Morgan fingerprint density at radius 1 is 1.00 bits per heavy atom. The predicted molar refractivity (Wildman–Crippen MR) is 133 cm³/mol. The summed E-state index contributed by atoms with van der Waals surface area (Å²) >= 11 is 7.31. The molecule has 174 valence electrons. The second kappa shape index (κ2) is 9.32. The van der Waals surface area contributed by atoms with E-state index in [0.717, 1.165) is 20.9 Å². The van der Waals surface area contributed by atoms with Crippen molar-refractivity contribution in [2.75, 3.05) is 11.5 Å². The first-order chi connectivity index (χ1) is 16.2. The number of carbonyl (C=O) groups excluding carboxylic acids is 1. The van der Waals surface area contributed by atoms with E-state index < -0.39 is 17.0 Å². The summed E-state index contributed by atoms with van der Waals surface area (Å²) in [7, 11) is 2.66. The molecule has 34 heavy (non-hydrogen) atoms. The van der Waals surface area contributed by atoms with E-state index in [1.165, 1.54) is 18.7 Å². The third kappa shape index (κ3) is 4.17. The molecular weight excluding hydrogens is 478 g/mol.